The molecule has 0 aliphatic carbocycles. The fourth-order valence-corrected chi connectivity index (χ4v) is 0.571. The fraction of sp³-hybridized carbons (Fsp3) is 0.857. The summed E-state index contributed by atoms with van der Waals surface area (Å²) in [5.41, 5.74) is 10.4. The van der Waals surface area contributed by atoms with E-state index in [2.05, 4.69) is 0 Å². The van der Waals surface area contributed by atoms with E-state index >= 15 is 0 Å². The zero-order valence-corrected chi connectivity index (χ0v) is 7.31. The van der Waals surface area contributed by atoms with Gasteiger partial charge < -0.3 is 26.5 Å². The van der Waals surface area contributed by atoms with Crippen LogP contribution in [0.2, 0.25) is 0 Å². The molecule has 0 rings (SSSR count). The summed E-state index contributed by atoms with van der Waals surface area (Å²) in [6, 6.07) is -0.457. The van der Waals surface area contributed by atoms with Gasteiger partial charge in [0.2, 0.25) is 0 Å². The first kappa shape index (κ1) is 14.1. The molecule has 0 radical (unpaired) electrons. The normalized spacial score (nSPS) is 14.1. The van der Waals surface area contributed by atoms with E-state index in [9.17, 15) is 4.79 Å². The lowest BCUT2D eigenvalue weighted by molar-refractivity contribution is -0.109. The molecule has 0 aromatic carbocycles. The monoisotopic (exact) mass is 178 g/mol. The maximum absolute atomic E-state index is 9.97. The van der Waals surface area contributed by atoms with Crippen molar-refractivity contribution in [2.75, 3.05) is 13.7 Å². The van der Waals surface area contributed by atoms with Gasteiger partial charge >= 0.3 is 0 Å². The van der Waals surface area contributed by atoms with Crippen molar-refractivity contribution in [3.05, 3.63) is 0 Å². The van der Waals surface area contributed by atoms with E-state index in [1.54, 1.807) is 0 Å². The number of aliphatic hydroxyl groups excluding tert-OH is 2. The highest BCUT2D eigenvalue weighted by molar-refractivity contribution is 5.56. The predicted molar refractivity (Wildman–Crippen MR) is 46.5 cm³/mol. The lowest BCUT2D eigenvalue weighted by atomic mass is 10.1. The Morgan fingerprint density at radius 3 is 2.25 bits per heavy atom. The van der Waals surface area contributed by atoms with Crippen molar-refractivity contribution >= 4 is 6.29 Å². The number of aliphatic hydroxyl groups is 2. The largest absolute Gasteiger partial charge is 0.400 e. The van der Waals surface area contributed by atoms with Gasteiger partial charge in [0.1, 0.15) is 6.29 Å². The Morgan fingerprint density at radius 2 is 1.92 bits per heavy atom. The van der Waals surface area contributed by atoms with Crippen LogP contribution in [0.1, 0.15) is 12.8 Å². The summed E-state index contributed by atoms with van der Waals surface area (Å²) in [6.45, 7) is 0.228. The second-order valence-corrected chi connectivity index (χ2v) is 2.27. The molecular formula is C7H18N2O3. The first-order valence-corrected chi connectivity index (χ1v) is 3.74. The fourth-order valence-electron chi connectivity index (χ4n) is 0.571. The van der Waals surface area contributed by atoms with Crippen molar-refractivity contribution in [3.63, 3.8) is 0 Å². The predicted octanol–water partition coefficient (Wildman–Crippen LogP) is -1.78. The Kier molecular flexibility index (Phi) is 12.3. The van der Waals surface area contributed by atoms with E-state index in [0.29, 0.717) is 19.1 Å². The van der Waals surface area contributed by atoms with Crippen molar-refractivity contribution in [2.45, 2.75) is 25.0 Å². The van der Waals surface area contributed by atoms with Crippen LogP contribution in [0.5, 0.6) is 0 Å². The molecule has 0 spiro atoms. The van der Waals surface area contributed by atoms with Crippen molar-refractivity contribution in [1.29, 1.82) is 0 Å². The van der Waals surface area contributed by atoms with Crippen LogP contribution in [0, 0.1) is 0 Å². The second-order valence-electron chi connectivity index (χ2n) is 2.27. The number of aldehydes is 1. The van der Waals surface area contributed by atoms with Gasteiger partial charge in [0, 0.05) is 13.7 Å². The van der Waals surface area contributed by atoms with E-state index in [1.165, 1.54) is 0 Å². The van der Waals surface area contributed by atoms with Gasteiger partial charge in [-0.1, -0.05) is 0 Å². The number of hydrogen-bond donors (Lipinski definition) is 4. The standard InChI is InChI=1S/C6H14N2O2.CH4O/c7-3-6(10)2-1-5(8)4-9;1-2/h4-6,10H,1-3,7-8H2;2H,1H3/t5-,6+;/m0./s1. The molecular weight excluding hydrogens is 160 g/mol. The molecule has 0 aromatic rings. The smallest absolute Gasteiger partial charge is 0.136 e. The molecule has 6 N–H and O–H groups in total. The molecule has 74 valence electrons. The highest BCUT2D eigenvalue weighted by Gasteiger charge is 2.04. The van der Waals surface area contributed by atoms with Crippen LogP contribution in [0.15, 0.2) is 0 Å². The number of rotatable bonds is 5. The molecule has 5 nitrogen and oxygen atoms in total. The first-order chi connectivity index (χ1) is 5.70. The van der Waals surface area contributed by atoms with Crippen LogP contribution >= 0.6 is 0 Å². The second kappa shape index (κ2) is 10.5. The summed E-state index contributed by atoms with van der Waals surface area (Å²) in [6.07, 6.45) is 1.15. The Labute approximate surface area is 72.4 Å². The summed E-state index contributed by atoms with van der Waals surface area (Å²) in [7, 11) is 1.00. The molecule has 0 saturated carbocycles. The quantitative estimate of drug-likeness (QED) is 0.372. The van der Waals surface area contributed by atoms with E-state index in [1.807, 2.05) is 0 Å². The zero-order valence-electron chi connectivity index (χ0n) is 7.31. The molecule has 0 fully saturated rings. The number of carbonyl (C=O) groups is 1. The van der Waals surface area contributed by atoms with Crippen molar-refractivity contribution in [2.24, 2.45) is 11.5 Å². The SMILES string of the molecule is CO.NC[C@H](O)CC[C@H](N)C=O. The van der Waals surface area contributed by atoms with Gasteiger partial charge in [-0.25, -0.2) is 0 Å². The third-order valence-electron chi connectivity index (χ3n) is 1.28. The molecule has 0 aliphatic heterocycles. The van der Waals surface area contributed by atoms with Gasteiger partial charge in [-0.3, -0.25) is 0 Å². The molecule has 0 bridgehead atoms. The molecule has 0 unspecified atom stereocenters. The summed E-state index contributed by atoms with van der Waals surface area (Å²) >= 11 is 0. The molecule has 0 saturated heterocycles. The average molecular weight is 178 g/mol. The lowest BCUT2D eigenvalue weighted by Crippen LogP contribution is -2.26. The molecule has 0 heterocycles. The number of hydrogen-bond acceptors (Lipinski definition) is 5. The minimum Gasteiger partial charge on any atom is -0.400 e. The summed E-state index contributed by atoms with van der Waals surface area (Å²) in [5, 5.41) is 15.9. The summed E-state index contributed by atoms with van der Waals surface area (Å²) in [4.78, 5) is 9.97. The van der Waals surface area contributed by atoms with Crippen molar-refractivity contribution < 1.29 is 15.0 Å². The average Bonchev–Trinajstić information content (AvgIpc) is 2.16. The highest BCUT2D eigenvalue weighted by Crippen LogP contribution is 1.96. The molecule has 5 heteroatoms. The Bertz CT molecular complexity index is 101. The Morgan fingerprint density at radius 1 is 1.42 bits per heavy atom. The summed E-state index contributed by atoms with van der Waals surface area (Å²) < 4.78 is 0. The molecule has 0 aliphatic rings. The maximum atomic E-state index is 9.97. The molecule has 0 aromatic heterocycles. The first-order valence-electron chi connectivity index (χ1n) is 3.74. The van der Waals surface area contributed by atoms with Crippen LogP contribution in [-0.4, -0.2) is 42.3 Å². The molecule has 0 amide bonds. The third kappa shape index (κ3) is 9.51. The summed E-state index contributed by atoms with van der Waals surface area (Å²) in [5.74, 6) is 0. The number of carbonyl (C=O) groups excluding carboxylic acids is 1. The minimum atomic E-state index is -0.522. The Hall–Kier alpha value is -0.490. The molecule has 2 atom stereocenters. The van der Waals surface area contributed by atoms with Gasteiger partial charge in [0.25, 0.3) is 0 Å². The van der Waals surface area contributed by atoms with Gasteiger partial charge in [-0.05, 0) is 12.8 Å². The topological polar surface area (TPSA) is 110 Å². The lowest BCUT2D eigenvalue weighted by Gasteiger charge is -2.07. The van der Waals surface area contributed by atoms with Crippen molar-refractivity contribution in [3.8, 4) is 0 Å². The van der Waals surface area contributed by atoms with E-state index in [4.69, 9.17) is 21.7 Å². The van der Waals surface area contributed by atoms with Gasteiger partial charge in [0.05, 0.1) is 12.1 Å². The van der Waals surface area contributed by atoms with Gasteiger partial charge in [-0.2, -0.15) is 0 Å². The molecule has 12 heavy (non-hydrogen) atoms. The zero-order chi connectivity index (χ0) is 9.98. The van der Waals surface area contributed by atoms with Crippen LogP contribution in [0.3, 0.4) is 0 Å². The van der Waals surface area contributed by atoms with E-state index < -0.39 is 12.1 Å². The van der Waals surface area contributed by atoms with Crippen LogP contribution in [0.25, 0.3) is 0 Å². The van der Waals surface area contributed by atoms with Gasteiger partial charge in [0.15, 0.2) is 0 Å². The third-order valence-corrected chi connectivity index (χ3v) is 1.28. The van der Waals surface area contributed by atoms with Gasteiger partial charge in [-0.15, -0.1) is 0 Å². The van der Waals surface area contributed by atoms with Crippen LogP contribution < -0.4 is 11.5 Å². The van der Waals surface area contributed by atoms with Crippen molar-refractivity contribution in [1.82, 2.24) is 0 Å². The van der Waals surface area contributed by atoms with E-state index in [-0.39, 0.29) is 6.54 Å². The van der Waals surface area contributed by atoms with Crippen LogP contribution in [-0.2, 0) is 4.79 Å². The minimum absolute atomic E-state index is 0.228. The van der Waals surface area contributed by atoms with Crippen LogP contribution in [0.4, 0.5) is 0 Å². The van der Waals surface area contributed by atoms with E-state index in [0.717, 1.165) is 7.11 Å². The highest BCUT2D eigenvalue weighted by atomic mass is 16.3. The number of nitrogens with two attached hydrogens (primary N) is 2. The Balaban J connectivity index is 0. The maximum Gasteiger partial charge on any atom is 0.136 e.